The number of aromatic nitrogens is 3. The van der Waals surface area contributed by atoms with Gasteiger partial charge in [0.05, 0.1) is 12.1 Å². The molecule has 0 aliphatic carbocycles. The highest BCUT2D eigenvalue weighted by Crippen LogP contribution is 2.18. The van der Waals surface area contributed by atoms with Crippen molar-refractivity contribution in [1.82, 2.24) is 14.8 Å². The van der Waals surface area contributed by atoms with Crippen LogP contribution >= 0.6 is 15.9 Å². The van der Waals surface area contributed by atoms with Crippen LogP contribution in [0.2, 0.25) is 0 Å². The Balaban J connectivity index is 1.53. The second-order valence-electron chi connectivity index (χ2n) is 5.82. The normalized spacial score (nSPS) is 11.3. The summed E-state index contributed by atoms with van der Waals surface area (Å²) in [4.78, 5) is 0. The SMILES string of the molecule is Brc1cccc(Cc2nnc(/C=C/c3ccccc3-n3cccc3)o2)c1. The molecule has 0 aliphatic heterocycles. The fraction of sp³-hybridized carbons (Fsp3) is 0.0476. The highest BCUT2D eigenvalue weighted by molar-refractivity contribution is 9.10. The molecule has 0 radical (unpaired) electrons. The molecule has 5 heteroatoms. The zero-order chi connectivity index (χ0) is 17.8. The first-order chi connectivity index (χ1) is 12.8. The summed E-state index contributed by atoms with van der Waals surface area (Å²) >= 11 is 3.47. The zero-order valence-electron chi connectivity index (χ0n) is 13.9. The molecule has 0 unspecified atom stereocenters. The molecule has 0 bridgehead atoms. The van der Waals surface area contributed by atoms with Crippen molar-refractivity contribution < 1.29 is 4.42 Å². The van der Waals surface area contributed by atoms with Gasteiger partial charge in [-0.3, -0.25) is 0 Å². The summed E-state index contributed by atoms with van der Waals surface area (Å²) in [5.74, 6) is 1.10. The maximum atomic E-state index is 5.75. The smallest absolute Gasteiger partial charge is 0.240 e. The topological polar surface area (TPSA) is 43.9 Å². The Bertz CT molecular complexity index is 1030. The molecule has 0 saturated heterocycles. The van der Waals surface area contributed by atoms with Gasteiger partial charge < -0.3 is 8.98 Å². The van der Waals surface area contributed by atoms with Crippen LogP contribution in [0.15, 0.2) is 81.9 Å². The Morgan fingerprint density at radius 3 is 2.62 bits per heavy atom. The van der Waals surface area contributed by atoms with Gasteiger partial charge in [-0.15, -0.1) is 10.2 Å². The van der Waals surface area contributed by atoms with Gasteiger partial charge in [0, 0.05) is 22.9 Å². The van der Waals surface area contributed by atoms with Crippen LogP contribution in [-0.4, -0.2) is 14.8 Å². The van der Waals surface area contributed by atoms with Gasteiger partial charge in [0.25, 0.3) is 0 Å². The van der Waals surface area contributed by atoms with Gasteiger partial charge in [-0.05, 0) is 47.5 Å². The van der Waals surface area contributed by atoms with Gasteiger partial charge in [0.2, 0.25) is 11.8 Å². The van der Waals surface area contributed by atoms with Crippen LogP contribution in [0.1, 0.15) is 22.9 Å². The number of para-hydroxylation sites is 1. The van der Waals surface area contributed by atoms with Crippen LogP contribution in [0, 0.1) is 0 Å². The summed E-state index contributed by atoms with van der Waals surface area (Å²) in [6, 6.07) is 20.3. The molecular formula is C21H16BrN3O. The van der Waals surface area contributed by atoms with Crippen LogP contribution in [0.25, 0.3) is 17.8 Å². The van der Waals surface area contributed by atoms with Crippen molar-refractivity contribution in [3.8, 4) is 5.69 Å². The molecule has 2 aromatic heterocycles. The van der Waals surface area contributed by atoms with Crippen molar-refractivity contribution in [3.63, 3.8) is 0 Å². The number of hydrogen-bond acceptors (Lipinski definition) is 3. The number of hydrogen-bond donors (Lipinski definition) is 0. The molecule has 2 heterocycles. The monoisotopic (exact) mass is 405 g/mol. The summed E-state index contributed by atoms with van der Waals surface area (Å²) in [7, 11) is 0. The van der Waals surface area contributed by atoms with E-state index >= 15 is 0 Å². The second kappa shape index (κ2) is 7.54. The average molecular weight is 406 g/mol. The van der Waals surface area contributed by atoms with E-state index in [1.165, 1.54) is 0 Å². The Kier molecular flexibility index (Phi) is 4.80. The molecular weight excluding hydrogens is 390 g/mol. The van der Waals surface area contributed by atoms with Gasteiger partial charge >= 0.3 is 0 Å². The Labute approximate surface area is 159 Å². The van der Waals surface area contributed by atoms with E-state index < -0.39 is 0 Å². The molecule has 2 aromatic carbocycles. The largest absolute Gasteiger partial charge is 0.421 e. The minimum atomic E-state index is 0.498. The number of nitrogens with zero attached hydrogens (tertiary/aromatic N) is 3. The standard InChI is InChI=1S/C21H16BrN3O/c22-18-8-5-6-16(14-18)15-21-24-23-20(26-21)11-10-17-7-1-2-9-19(17)25-12-3-4-13-25/h1-14H,15H2/b11-10+. The van der Waals surface area contributed by atoms with Gasteiger partial charge in [0.15, 0.2) is 0 Å². The number of halogens is 1. The predicted octanol–water partition coefficient (Wildman–Crippen LogP) is 5.38. The van der Waals surface area contributed by atoms with E-state index in [-0.39, 0.29) is 0 Å². The lowest BCUT2D eigenvalue weighted by molar-refractivity contribution is 0.496. The Morgan fingerprint density at radius 1 is 0.923 bits per heavy atom. The Hall–Kier alpha value is -2.92. The minimum Gasteiger partial charge on any atom is -0.421 e. The van der Waals surface area contributed by atoms with Gasteiger partial charge in [-0.1, -0.05) is 46.3 Å². The first kappa shape index (κ1) is 16.5. The van der Waals surface area contributed by atoms with Crippen LogP contribution in [0.5, 0.6) is 0 Å². The third kappa shape index (κ3) is 3.83. The highest BCUT2D eigenvalue weighted by Gasteiger charge is 2.06. The van der Waals surface area contributed by atoms with Crippen molar-refractivity contribution in [2.24, 2.45) is 0 Å². The molecule has 0 saturated carbocycles. The fourth-order valence-corrected chi connectivity index (χ4v) is 3.19. The summed E-state index contributed by atoms with van der Waals surface area (Å²) in [6.07, 6.45) is 8.50. The quantitative estimate of drug-likeness (QED) is 0.447. The molecule has 0 spiro atoms. The molecule has 0 aliphatic rings. The molecule has 0 N–H and O–H groups in total. The van der Waals surface area contributed by atoms with E-state index in [0.29, 0.717) is 18.2 Å². The molecule has 0 fully saturated rings. The van der Waals surface area contributed by atoms with E-state index in [2.05, 4.69) is 42.8 Å². The zero-order valence-corrected chi connectivity index (χ0v) is 15.5. The van der Waals surface area contributed by atoms with Crippen LogP contribution < -0.4 is 0 Å². The maximum absolute atomic E-state index is 5.75. The average Bonchev–Trinajstić information content (AvgIpc) is 3.32. The molecule has 4 nitrogen and oxygen atoms in total. The number of rotatable bonds is 5. The van der Waals surface area contributed by atoms with Crippen LogP contribution in [0.3, 0.4) is 0 Å². The summed E-state index contributed by atoms with van der Waals surface area (Å²) < 4.78 is 8.86. The molecule has 0 amide bonds. The van der Waals surface area contributed by atoms with E-state index in [1.807, 2.05) is 73.1 Å². The molecule has 0 atom stereocenters. The van der Waals surface area contributed by atoms with Crippen molar-refractivity contribution in [3.05, 3.63) is 100 Å². The van der Waals surface area contributed by atoms with Crippen LogP contribution in [0.4, 0.5) is 0 Å². The molecule has 4 aromatic rings. The van der Waals surface area contributed by atoms with Gasteiger partial charge in [0.1, 0.15) is 0 Å². The van der Waals surface area contributed by atoms with Crippen LogP contribution in [-0.2, 0) is 6.42 Å². The third-order valence-electron chi connectivity index (χ3n) is 3.95. The highest BCUT2D eigenvalue weighted by atomic mass is 79.9. The van der Waals surface area contributed by atoms with Gasteiger partial charge in [-0.2, -0.15) is 0 Å². The van der Waals surface area contributed by atoms with Crippen molar-refractivity contribution in [2.75, 3.05) is 0 Å². The first-order valence-corrected chi connectivity index (χ1v) is 9.04. The van der Waals surface area contributed by atoms with E-state index in [4.69, 9.17) is 4.42 Å². The van der Waals surface area contributed by atoms with E-state index in [1.54, 1.807) is 0 Å². The minimum absolute atomic E-state index is 0.498. The van der Waals surface area contributed by atoms with Crippen molar-refractivity contribution in [2.45, 2.75) is 6.42 Å². The summed E-state index contributed by atoms with van der Waals surface area (Å²) in [5.41, 5.74) is 3.30. The molecule has 4 rings (SSSR count). The first-order valence-electron chi connectivity index (χ1n) is 8.25. The van der Waals surface area contributed by atoms with Gasteiger partial charge in [-0.25, -0.2) is 0 Å². The van der Waals surface area contributed by atoms with Crippen molar-refractivity contribution in [1.29, 1.82) is 0 Å². The lowest BCUT2D eigenvalue weighted by Gasteiger charge is -2.06. The van der Waals surface area contributed by atoms with E-state index in [0.717, 1.165) is 21.3 Å². The third-order valence-corrected chi connectivity index (χ3v) is 4.44. The summed E-state index contributed by atoms with van der Waals surface area (Å²) in [5, 5.41) is 8.26. The van der Waals surface area contributed by atoms with E-state index in [9.17, 15) is 0 Å². The fourth-order valence-electron chi connectivity index (χ4n) is 2.75. The lowest BCUT2D eigenvalue weighted by atomic mass is 10.1. The Morgan fingerprint density at radius 2 is 1.77 bits per heavy atom. The lowest BCUT2D eigenvalue weighted by Crippen LogP contribution is -1.92. The predicted molar refractivity (Wildman–Crippen MR) is 106 cm³/mol. The summed E-state index contributed by atoms with van der Waals surface area (Å²) in [6.45, 7) is 0. The van der Waals surface area contributed by atoms with Crippen molar-refractivity contribution >= 4 is 28.1 Å². The molecule has 26 heavy (non-hydrogen) atoms. The number of benzene rings is 2. The molecule has 128 valence electrons. The second-order valence-corrected chi connectivity index (χ2v) is 6.74. The maximum Gasteiger partial charge on any atom is 0.240 e.